The molecule has 1 heterocycles. The SMILES string of the molecule is N#Cc1c(Cl)ccc2c1OCCCO2. The number of nitrogens with zero attached hydrogens (tertiary/aromatic N) is 1. The molecule has 0 radical (unpaired) electrons. The molecule has 0 saturated carbocycles. The molecule has 1 aliphatic heterocycles. The highest BCUT2D eigenvalue weighted by atomic mass is 35.5. The second-order valence-corrected chi connectivity index (χ2v) is 3.32. The Morgan fingerprint density at radius 1 is 1.29 bits per heavy atom. The zero-order valence-electron chi connectivity index (χ0n) is 7.42. The number of halogens is 1. The Balaban J connectivity index is 2.55. The molecule has 0 amide bonds. The minimum Gasteiger partial charge on any atom is -0.490 e. The Morgan fingerprint density at radius 3 is 2.86 bits per heavy atom. The van der Waals surface area contributed by atoms with E-state index in [1.807, 2.05) is 6.07 Å². The van der Waals surface area contributed by atoms with Crippen molar-refractivity contribution in [2.24, 2.45) is 0 Å². The zero-order chi connectivity index (χ0) is 9.97. The van der Waals surface area contributed by atoms with Crippen LogP contribution in [0.25, 0.3) is 0 Å². The van der Waals surface area contributed by atoms with Crippen molar-refractivity contribution in [2.75, 3.05) is 13.2 Å². The van der Waals surface area contributed by atoms with E-state index < -0.39 is 0 Å². The van der Waals surface area contributed by atoms with E-state index in [2.05, 4.69) is 0 Å². The summed E-state index contributed by atoms with van der Waals surface area (Å²) in [5, 5.41) is 9.30. The lowest BCUT2D eigenvalue weighted by molar-refractivity contribution is 0.296. The van der Waals surface area contributed by atoms with Gasteiger partial charge in [0.05, 0.1) is 18.2 Å². The second-order valence-electron chi connectivity index (χ2n) is 2.91. The van der Waals surface area contributed by atoms with Crippen LogP contribution < -0.4 is 9.47 Å². The molecule has 0 atom stereocenters. The molecule has 1 aromatic rings. The van der Waals surface area contributed by atoms with Crippen molar-refractivity contribution in [3.63, 3.8) is 0 Å². The summed E-state index contributed by atoms with van der Waals surface area (Å²) in [5.74, 6) is 1.07. The molecular formula is C10H8ClNO2. The highest BCUT2D eigenvalue weighted by molar-refractivity contribution is 6.32. The van der Waals surface area contributed by atoms with Crippen molar-refractivity contribution in [2.45, 2.75) is 6.42 Å². The number of hydrogen-bond acceptors (Lipinski definition) is 3. The van der Waals surface area contributed by atoms with Gasteiger partial charge in [-0.3, -0.25) is 0 Å². The van der Waals surface area contributed by atoms with E-state index in [-0.39, 0.29) is 0 Å². The predicted molar refractivity (Wildman–Crippen MR) is 51.8 cm³/mol. The quantitative estimate of drug-likeness (QED) is 0.659. The molecule has 0 unspecified atom stereocenters. The molecular weight excluding hydrogens is 202 g/mol. The smallest absolute Gasteiger partial charge is 0.180 e. The molecule has 0 saturated heterocycles. The van der Waals surface area contributed by atoms with Crippen molar-refractivity contribution in [3.8, 4) is 17.6 Å². The topological polar surface area (TPSA) is 42.2 Å². The molecule has 2 rings (SSSR count). The molecule has 0 spiro atoms. The molecule has 0 fully saturated rings. The van der Waals surface area contributed by atoms with Gasteiger partial charge < -0.3 is 9.47 Å². The van der Waals surface area contributed by atoms with E-state index in [4.69, 9.17) is 26.3 Å². The van der Waals surface area contributed by atoms with Crippen LogP contribution in [0.3, 0.4) is 0 Å². The monoisotopic (exact) mass is 209 g/mol. The standard InChI is InChI=1S/C10H8ClNO2/c11-8-2-3-9-10(7(8)6-12)14-5-1-4-13-9/h2-3H,1,4-5H2. The van der Waals surface area contributed by atoms with Crippen LogP contribution in [0, 0.1) is 11.3 Å². The highest BCUT2D eigenvalue weighted by Gasteiger charge is 2.17. The first kappa shape index (κ1) is 9.17. The van der Waals surface area contributed by atoms with E-state index in [1.54, 1.807) is 12.1 Å². The first-order chi connectivity index (χ1) is 6.83. The fraction of sp³-hybridized carbons (Fsp3) is 0.300. The normalized spacial score (nSPS) is 14.3. The fourth-order valence-corrected chi connectivity index (χ4v) is 1.51. The van der Waals surface area contributed by atoms with E-state index in [9.17, 15) is 0 Å². The Morgan fingerprint density at radius 2 is 2.07 bits per heavy atom. The van der Waals surface area contributed by atoms with Crippen LogP contribution in [0.4, 0.5) is 0 Å². The summed E-state index contributed by atoms with van der Waals surface area (Å²) in [6, 6.07) is 5.39. The van der Waals surface area contributed by atoms with Gasteiger partial charge in [0.15, 0.2) is 11.5 Å². The van der Waals surface area contributed by atoms with E-state index >= 15 is 0 Å². The van der Waals surface area contributed by atoms with Gasteiger partial charge in [0.1, 0.15) is 11.6 Å². The molecule has 0 N–H and O–H groups in total. The number of nitriles is 1. The Hall–Kier alpha value is -1.40. The minimum absolute atomic E-state index is 0.353. The van der Waals surface area contributed by atoms with E-state index in [1.165, 1.54) is 0 Å². The van der Waals surface area contributed by atoms with Gasteiger partial charge in [-0.15, -0.1) is 0 Å². The summed E-state index contributed by atoms with van der Waals surface area (Å²) in [6.07, 6.45) is 0.817. The predicted octanol–water partition coefficient (Wildman–Crippen LogP) is 2.37. The maximum absolute atomic E-state index is 8.90. The van der Waals surface area contributed by atoms with Crippen LogP contribution in [0.1, 0.15) is 12.0 Å². The third-order valence-electron chi connectivity index (χ3n) is 1.98. The number of ether oxygens (including phenoxy) is 2. The van der Waals surface area contributed by atoms with Gasteiger partial charge in [0.25, 0.3) is 0 Å². The van der Waals surface area contributed by atoms with Crippen LogP contribution in [0.15, 0.2) is 12.1 Å². The lowest BCUT2D eigenvalue weighted by Crippen LogP contribution is -1.98. The van der Waals surface area contributed by atoms with Crippen LogP contribution in [-0.4, -0.2) is 13.2 Å². The van der Waals surface area contributed by atoms with Crippen LogP contribution in [-0.2, 0) is 0 Å². The third-order valence-corrected chi connectivity index (χ3v) is 2.29. The average Bonchev–Trinajstić information content (AvgIpc) is 2.42. The van der Waals surface area contributed by atoms with Crippen LogP contribution in [0.5, 0.6) is 11.5 Å². The van der Waals surface area contributed by atoms with Crippen LogP contribution >= 0.6 is 11.6 Å². The van der Waals surface area contributed by atoms with Crippen LogP contribution in [0.2, 0.25) is 5.02 Å². The summed E-state index contributed by atoms with van der Waals surface area (Å²) in [5.41, 5.74) is 0.353. The van der Waals surface area contributed by atoms with Crippen molar-refractivity contribution in [1.29, 1.82) is 5.26 Å². The van der Waals surface area contributed by atoms with Crippen molar-refractivity contribution >= 4 is 11.6 Å². The Kier molecular flexibility index (Phi) is 2.47. The van der Waals surface area contributed by atoms with Gasteiger partial charge in [-0.1, -0.05) is 11.6 Å². The maximum atomic E-state index is 8.90. The van der Waals surface area contributed by atoms with Gasteiger partial charge in [0.2, 0.25) is 0 Å². The van der Waals surface area contributed by atoms with Crippen molar-refractivity contribution in [3.05, 3.63) is 22.7 Å². The number of benzene rings is 1. The summed E-state index contributed by atoms with van der Waals surface area (Å²) in [4.78, 5) is 0. The van der Waals surface area contributed by atoms with Gasteiger partial charge in [-0.05, 0) is 12.1 Å². The molecule has 1 aromatic carbocycles. The minimum atomic E-state index is 0.353. The molecule has 0 bridgehead atoms. The van der Waals surface area contributed by atoms with Gasteiger partial charge in [0, 0.05) is 6.42 Å². The van der Waals surface area contributed by atoms with Crippen molar-refractivity contribution in [1.82, 2.24) is 0 Å². The third kappa shape index (κ3) is 1.49. The Labute approximate surface area is 86.8 Å². The first-order valence-corrected chi connectivity index (χ1v) is 4.69. The summed E-state index contributed by atoms with van der Waals surface area (Å²) in [6.45, 7) is 1.17. The molecule has 4 heteroatoms. The number of hydrogen-bond donors (Lipinski definition) is 0. The molecule has 1 aliphatic rings. The van der Waals surface area contributed by atoms with Gasteiger partial charge >= 0.3 is 0 Å². The van der Waals surface area contributed by atoms with E-state index in [0.29, 0.717) is 35.3 Å². The average molecular weight is 210 g/mol. The number of rotatable bonds is 0. The second kappa shape index (κ2) is 3.77. The zero-order valence-corrected chi connectivity index (χ0v) is 8.17. The van der Waals surface area contributed by atoms with E-state index in [0.717, 1.165) is 6.42 Å². The van der Waals surface area contributed by atoms with Gasteiger partial charge in [-0.2, -0.15) is 5.26 Å². The molecule has 0 aromatic heterocycles. The lowest BCUT2D eigenvalue weighted by Gasteiger charge is -2.08. The van der Waals surface area contributed by atoms with Crippen molar-refractivity contribution < 1.29 is 9.47 Å². The fourth-order valence-electron chi connectivity index (χ4n) is 1.32. The lowest BCUT2D eigenvalue weighted by atomic mass is 10.2. The molecule has 0 aliphatic carbocycles. The maximum Gasteiger partial charge on any atom is 0.180 e. The van der Waals surface area contributed by atoms with Gasteiger partial charge in [-0.25, -0.2) is 0 Å². The Bertz CT molecular complexity index is 398. The molecule has 72 valence electrons. The summed E-state index contributed by atoms with van der Waals surface area (Å²) in [7, 11) is 0. The summed E-state index contributed by atoms with van der Waals surface area (Å²) < 4.78 is 10.8. The first-order valence-electron chi connectivity index (χ1n) is 4.31. The highest BCUT2D eigenvalue weighted by Crippen LogP contribution is 2.36. The molecule has 14 heavy (non-hydrogen) atoms. The number of fused-ring (bicyclic) bond motifs is 1. The largest absolute Gasteiger partial charge is 0.490 e. The molecule has 3 nitrogen and oxygen atoms in total. The summed E-state index contributed by atoms with van der Waals surface area (Å²) >= 11 is 5.86.